The minimum absolute atomic E-state index is 0.0779. The average Bonchev–Trinajstić information content (AvgIpc) is 2.43. The van der Waals surface area contributed by atoms with Crippen LogP contribution in [0.4, 0.5) is 5.69 Å². The summed E-state index contributed by atoms with van der Waals surface area (Å²) in [6, 6.07) is 6.24. The number of benzene rings is 1. The van der Waals surface area contributed by atoms with E-state index in [1.165, 1.54) is 24.8 Å². The second-order valence-electron chi connectivity index (χ2n) is 4.58. The molecule has 0 bridgehead atoms. The highest BCUT2D eigenvalue weighted by atomic mass is 16.5. The molecule has 1 heterocycles. The average molecular weight is 248 g/mol. The molecule has 0 aromatic heterocycles. The third kappa shape index (κ3) is 2.82. The van der Waals surface area contributed by atoms with Crippen molar-refractivity contribution in [1.29, 1.82) is 0 Å². The van der Waals surface area contributed by atoms with Crippen molar-refractivity contribution in [1.82, 2.24) is 5.32 Å². The van der Waals surface area contributed by atoms with E-state index < -0.39 is 6.10 Å². The molecule has 98 valence electrons. The highest BCUT2D eigenvalue weighted by molar-refractivity contribution is 5.80. The van der Waals surface area contributed by atoms with Crippen molar-refractivity contribution in [2.75, 3.05) is 19.0 Å². The number of hydrogen-bond acceptors (Lipinski definition) is 3. The molecule has 1 unspecified atom stereocenters. The Morgan fingerprint density at radius 2 is 2.39 bits per heavy atom. The van der Waals surface area contributed by atoms with Crippen LogP contribution in [0.3, 0.4) is 0 Å². The Morgan fingerprint density at radius 3 is 3.17 bits per heavy atom. The van der Waals surface area contributed by atoms with Crippen LogP contribution in [-0.4, -0.2) is 25.7 Å². The number of carbonyl (C=O) groups excluding carboxylic acids is 1. The van der Waals surface area contributed by atoms with E-state index in [1.54, 1.807) is 6.92 Å². The number of carbonyl (C=O) groups is 1. The summed E-state index contributed by atoms with van der Waals surface area (Å²) in [6.07, 6.45) is 1.87. The molecule has 1 amide bonds. The van der Waals surface area contributed by atoms with Gasteiger partial charge in [0.2, 0.25) is 5.91 Å². The van der Waals surface area contributed by atoms with Gasteiger partial charge in [-0.3, -0.25) is 4.79 Å². The fourth-order valence-corrected chi connectivity index (χ4v) is 2.16. The second kappa shape index (κ2) is 5.87. The molecule has 2 N–H and O–H groups in total. The van der Waals surface area contributed by atoms with Crippen LogP contribution in [0, 0.1) is 0 Å². The van der Waals surface area contributed by atoms with Crippen molar-refractivity contribution in [3.05, 3.63) is 29.3 Å². The Labute approximate surface area is 108 Å². The van der Waals surface area contributed by atoms with Crippen LogP contribution >= 0.6 is 0 Å². The van der Waals surface area contributed by atoms with Crippen LogP contribution in [0.1, 0.15) is 24.5 Å². The predicted molar refractivity (Wildman–Crippen MR) is 71.6 cm³/mol. The first-order valence-corrected chi connectivity index (χ1v) is 6.37. The minimum atomic E-state index is -0.405. The molecule has 0 spiro atoms. The Hall–Kier alpha value is -1.55. The Morgan fingerprint density at radius 1 is 1.56 bits per heavy atom. The van der Waals surface area contributed by atoms with Gasteiger partial charge in [0.05, 0.1) is 0 Å². The molecule has 1 aliphatic rings. The smallest absolute Gasteiger partial charge is 0.249 e. The summed E-state index contributed by atoms with van der Waals surface area (Å²) in [5.41, 5.74) is 3.67. The number of ether oxygens (including phenoxy) is 1. The Balaban J connectivity index is 2.03. The van der Waals surface area contributed by atoms with Crippen LogP contribution in [0.5, 0.6) is 0 Å². The van der Waals surface area contributed by atoms with Gasteiger partial charge >= 0.3 is 0 Å². The van der Waals surface area contributed by atoms with E-state index in [4.69, 9.17) is 4.74 Å². The van der Waals surface area contributed by atoms with E-state index in [0.717, 1.165) is 18.5 Å². The summed E-state index contributed by atoms with van der Waals surface area (Å²) in [5.74, 6) is -0.0779. The third-order valence-corrected chi connectivity index (χ3v) is 3.34. The van der Waals surface area contributed by atoms with E-state index in [-0.39, 0.29) is 5.91 Å². The zero-order valence-corrected chi connectivity index (χ0v) is 11.0. The molecule has 0 radical (unpaired) electrons. The standard InChI is InChI=1S/C14H20N2O2/c1-10(18-2)14(17)16-9-12-6-3-5-11-7-4-8-15-13(11)12/h3,5-6,10,15H,4,7-9H2,1-2H3,(H,16,17). The van der Waals surface area contributed by atoms with Gasteiger partial charge in [-0.1, -0.05) is 18.2 Å². The second-order valence-corrected chi connectivity index (χ2v) is 4.58. The third-order valence-electron chi connectivity index (χ3n) is 3.34. The van der Waals surface area contributed by atoms with Gasteiger partial charge in [0.1, 0.15) is 6.10 Å². The van der Waals surface area contributed by atoms with E-state index in [9.17, 15) is 4.79 Å². The lowest BCUT2D eigenvalue weighted by Crippen LogP contribution is -2.33. The summed E-state index contributed by atoms with van der Waals surface area (Å²) in [4.78, 5) is 11.7. The molecule has 1 atom stereocenters. The van der Waals surface area contributed by atoms with E-state index in [1.807, 2.05) is 6.07 Å². The minimum Gasteiger partial charge on any atom is -0.385 e. The maximum absolute atomic E-state index is 11.7. The number of rotatable bonds is 4. The van der Waals surface area contributed by atoms with Crippen LogP contribution < -0.4 is 10.6 Å². The van der Waals surface area contributed by atoms with Gasteiger partial charge in [-0.05, 0) is 30.9 Å². The topological polar surface area (TPSA) is 50.4 Å². The highest BCUT2D eigenvalue weighted by Gasteiger charge is 2.14. The van der Waals surface area contributed by atoms with E-state index in [2.05, 4.69) is 22.8 Å². The number of methoxy groups -OCH3 is 1. The molecule has 0 saturated heterocycles. The fraction of sp³-hybridized carbons (Fsp3) is 0.500. The maximum atomic E-state index is 11.7. The number of anilines is 1. The number of nitrogens with one attached hydrogen (secondary N) is 2. The van der Waals surface area contributed by atoms with Gasteiger partial charge in [-0.15, -0.1) is 0 Å². The van der Waals surface area contributed by atoms with Crippen molar-refractivity contribution in [2.45, 2.75) is 32.4 Å². The number of para-hydroxylation sites is 1. The van der Waals surface area contributed by atoms with Crippen molar-refractivity contribution >= 4 is 11.6 Å². The lowest BCUT2D eigenvalue weighted by molar-refractivity contribution is -0.130. The molecule has 1 aliphatic heterocycles. The molecule has 0 aliphatic carbocycles. The van der Waals surface area contributed by atoms with Gasteiger partial charge in [0, 0.05) is 25.9 Å². The molecule has 2 rings (SSSR count). The van der Waals surface area contributed by atoms with Gasteiger partial charge < -0.3 is 15.4 Å². The highest BCUT2D eigenvalue weighted by Crippen LogP contribution is 2.25. The van der Waals surface area contributed by atoms with Crippen molar-refractivity contribution in [2.24, 2.45) is 0 Å². The van der Waals surface area contributed by atoms with Gasteiger partial charge in [0.25, 0.3) is 0 Å². The van der Waals surface area contributed by atoms with Gasteiger partial charge in [-0.2, -0.15) is 0 Å². The summed E-state index contributed by atoms with van der Waals surface area (Å²) < 4.78 is 4.99. The molecule has 0 saturated carbocycles. The predicted octanol–water partition coefficient (Wildman–Crippen LogP) is 1.70. The van der Waals surface area contributed by atoms with E-state index in [0.29, 0.717) is 6.54 Å². The molecule has 18 heavy (non-hydrogen) atoms. The maximum Gasteiger partial charge on any atom is 0.249 e. The Kier molecular flexibility index (Phi) is 4.20. The van der Waals surface area contributed by atoms with Crippen molar-refractivity contribution in [3.63, 3.8) is 0 Å². The summed E-state index contributed by atoms with van der Waals surface area (Å²) >= 11 is 0. The fourth-order valence-electron chi connectivity index (χ4n) is 2.16. The van der Waals surface area contributed by atoms with Crippen LogP contribution in [0.2, 0.25) is 0 Å². The zero-order valence-electron chi connectivity index (χ0n) is 11.0. The van der Waals surface area contributed by atoms with Gasteiger partial charge in [-0.25, -0.2) is 0 Å². The van der Waals surface area contributed by atoms with E-state index >= 15 is 0 Å². The van der Waals surface area contributed by atoms with Gasteiger partial charge in [0.15, 0.2) is 0 Å². The van der Waals surface area contributed by atoms with Crippen molar-refractivity contribution < 1.29 is 9.53 Å². The lowest BCUT2D eigenvalue weighted by Gasteiger charge is -2.21. The SMILES string of the molecule is COC(C)C(=O)NCc1cccc2c1NCCC2. The molecule has 4 heteroatoms. The first-order chi connectivity index (χ1) is 8.72. The first kappa shape index (κ1) is 12.9. The van der Waals surface area contributed by atoms with Crippen LogP contribution in [0.15, 0.2) is 18.2 Å². The molecule has 4 nitrogen and oxygen atoms in total. The largest absolute Gasteiger partial charge is 0.385 e. The molecule has 0 fully saturated rings. The molecular weight excluding hydrogens is 228 g/mol. The quantitative estimate of drug-likeness (QED) is 0.852. The zero-order chi connectivity index (χ0) is 13.0. The monoisotopic (exact) mass is 248 g/mol. The van der Waals surface area contributed by atoms with Crippen LogP contribution in [0.25, 0.3) is 0 Å². The molecule has 1 aromatic carbocycles. The molecule has 1 aromatic rings. The summed E-state index contributed by atoms with van der Waals surface area (Å²) in [6.45, 7) is 3.29. The summed E-state index contributed by atoms with van der Waals surface area (Å²) in [5, 5.41) is 6.31. The molecular formula is C14H20N2O2. The lowest BCUT2D eigenvalue weighted by atomic mass is 9.99. The van der Waals surface area contributed by atoms with Crippen molar-refractivity contribution in [3.8, 4) is 0 Å². The Bertz CT molecular complexity index is 432. The summed E-state index contributed by atoms with van der Waals surface area (Å²) in [7, 11) is 1.54. The van der Waals surface area contributed by atoms with Crippen LogP contribution in [-0.2, 0) is 22.5 Å². The normalized spacial score (nSPS) is 15.4. The number of aryl methyl sites for hydroxylation is 1. The number of fused-ring (bicyclic) bond motifs is 1. The number of amides is 1. The number of hydrogen-bond donors (Lipinski definition) is 2. The first-order valence-electron chi connectivity index (χ1n) is 6.37.